The zero-order chi connectivity index (χ0) is 22.6. The number of hydrogen-bond donors (Lipinski definition) is 1. The van der Waals surface area contributed by atoms with Crippen LogP contribution in [-0.4, -0.2) is 49.0 Å². The van der Waals surface area contributed by atoms with E-state index in [1.54, 1.807) is 6.07 Å². The van der Waals surface area contributed by atoms with Crippen molar-refractivity contribution in [2.24, 2.45) is 0 Å². The molecule has 7 nitrogen and oxygen atoms in total. The zero-order valence-electron chi connectivity index (χ0n) is 18.3. The van der Waals surface area contributed by atoms with Crippen LogP contribution in [0.3, 0.4) is 0 Å². The average Bonchev–Trinajstić information content (AvgIpc) is 2.74. The number of anilines is 1. The summed E-state index contributed by atoms with van der Waals surface area (Å²) in [4.78, 5) is 38.2. The summed E-state index contributed by atoms with van der Waals surface area (Å²) in [6.07, 6.45) is 0.713. The second kappa shape index (κ2) is 12.4. The number of para-hydroxylation sites is 2. The summed E-state index contributed by atoms with van der Waals surface area (Å²) >= 11 is 0. The van der Waals surface area contributed by atoms with Gasteiger partial charge in [0.1, 0.15) is 5.75 Å². The van der Waals surface area contributed by atoms with Crippen molar-refractivity contribution < 1.29 is 23.9 Å². The minimum absolute atomic E-state index is 0.0309. The van der Waals surface area contributed by atoms with Crippen LogP contribution in [0.5, 0.6) is 5.75 Å². The summed E-state index contributed by atoms with van der Waals surface area (Å²) in [5, 5.41) is 2.81. The molecule has 0 unspecified atom stereocenters. The number of nitrogens with zero attached hydrogens (tertiary/aromatic N) is 1. The van der Waals surface area contributed by atoms with Crippen LogP contribution in [0.4, 0.5) is 5.69 Å². The first-order valence-electron chi connectivity index (χ1n) is 10.4. The van der Waals surface area contributed by atoms with Gasteiger partial charge in [0.2, 0.25) is 5.91 Å². The van der Waals surface area contributed by atoms with Gasteiger partial charge in [-0.25, -0.2) is 0 Å². The van der Waals surface area contributed by atoms with Crippen LogP contribution in [0.2, 0.25) is 0 Å². The molecule has 0 atom stereocenters. The van der Waals surface area contributed by atoms with E-state index in [1.165, 1.54) is 4.90 Å². The lowest BCUT2D eigenvalue weighted by atomic mass is 10.2. The van der Waals surface area contributed by atoms with Crippen LogP contribution in [0.1, 0.15) is 30.9 Å². The fraction of sp³-hybridized carbons (Fsp3) is 0.375. The quantitative estimate of drug-likeness (QED) is 0.556. The number of carbonyl (C=O) groups excluding carboxylic acids is 3. The highest BCUT2D eigenvalue weighted by Gasteiger charge is 2.18. The van der Waals surface area contributed by atoms with E-state index in [0.717, 1.165) is 11.1 Å². The predicted molar refractivity (Wildman–Crippen MR) is 119 cm³/mol. The van der Waals surface area contributed by atoms with E-state index in [0.29, 0.717) is 24.4 Å². The Labute approximate surface area is 183 Å². The van der Waals surface area contributed by atoms with Gasteiger partial charge in [-0.05, 0) is 43.5 Å². The van der Waals surface area contributed by atoms with Crippen molar-refractivity contribution in [1.82, 2.24) is 4.90 Å². The third-order valence-electron chi connectivity index (χ3n) is 4.61. The van der Waals surface area contributed by atoms with Gasteiger partial charge < -0.3 is 19.7 Å². The molecular weight excluding hydrogens is 396 g/mol. The normalized spacial score (nSPS) is 10.3. The molecule has 2 aromatic rings. The Balaban J connectivity index is 1.77. The Morgan fingerprint density at radius 3 is 2.32 bits per heavy atom. The average molecular weight is 427 g/mol. The number of benzene rings is 2. The summed E-state index contributed by atoms with van der Waals surface area (Å²) < 4.78 is 10.6. The van der Waals surface area contributed by atoms with Crippen LogP contribution in [0.15, 0.2) is 48.5 Å². The highest BCUT2D eigenvalue weighted by atomic mass is 16.5. The van der Waals surface area contributed by atoms with Crippen LogP contribution in [0, 0.1) is 13.8 Å². The number of nitrogens with one attached hydrogen (secondary N) is 1. The first-order valence-corrected chi connectivity index (χ1v) is 10.4. The summed E-state index contributed by atoms with van der Waals surface area (Å²) in [5.74, 6) is -0.521. The second-order valence-electron chi connectivity index (χ2n) is 7.20. The Morgan fingerprint density at radius 1 is 0.968 bits per heavy atom. The minimum atomic E-state index is -0.525. The number of aryl methyl sites for hydroxylation is 2. The molecule has 0 bridgehead atoms. The molecule has 0 saturated heterocycles. The van der Waals surface area contributed by atoms with Crippen LogP contribution >= 0.6 is 0 Å². The lowest BCUT2D eigenvalue weighted by molar-refractivity contribution is -0.152. The van der Waals surface area contributed by atoms with Gasteiger partial charge in [-0.1, -0.05) is 43.3 Å². The number of amides is 2. The zero-order valence-corrected chi connectivity index (χ0v) is 18.3. The molecule has 31 heavy (non-hydrogen) atoms. The topological polar surface area (TPSA) is 84.9 Å². The molecule has 0 radical (unpaired) electrons. The summed E-state index contributed by atoms with van der Waals surface area (Å²) in [6, 6.07) is 14.9. The number of rotatable bonds is 11. The minimum Gasteiger partial charge on any atom is -0.493 e. The van der Waals surface area contributed by atoms with E-state index < -0.39 is 18.5 Å². The van der Waals surface area contributed by atoms with Gasteiger partial charge in [-0.2, -0.15) is 0 Å². The Hall–Kier alpha value is -3.35. The highest BCUT2D eigenvalue weighted by Crippen LogP contribution is 2.16. The molecule has 0 aliphatic heterocycles. The van der Waals surface area contributed by atoms with Gasteiger partial charge >= 0.3 is 5.97 Å². The van der Waals surface area contributed by atoms with Crippen LogP contribution in [-0.2, 0) is 19.1 Å². The van der Waals surface area contributed by atoms with Crippen molar-refractivity contribution in [2.45, 2.75) is 33.6 Å². The summed E-state index contributed by atoms with van der Waals surface area (Å²) in [7, 11) is 0. The summed E-state index contributed by atoms with van der Waals surface area (Å²) in [6.45, 7) is 5.78. The van der Waals surface area contributed by atoms with Crippen molar-refractivity contribution in [1.29, 1.82) is 0 Å². The van der Waals surface area contributed by atoms with Crippen molar-refractivity contribution >= 4 is 23.5 Å². The van der Waals surface area contributed by atoms with Gasteiger partial charge in [0.15, 0.2) is 6.61 Å². The monoisotopic (exact) mass is 426 g/mol. The van der Waals surface area contributed by atoms with Gasteiger partial charge in [0.25, 0.3) is 5.91 Å². The Bertz CT molecular complexity index is 897. The molecule has 0 fully saturated rings. The molecule has 0 spiro atoms. The van der Waals surface area contributed by atoms with Gasteiger partial charge in [-0.15, -0.1) is 0 Å². The molecule has 2 amide bonds. The lowest BCUT2D eigenvalue weighted by Crippen LogP contribution is -2.40. The molecule has 7 heteroatoms. The molecule has 0 saturated carbocycles. The first-order chi connectivity index (χ1) is 14.9. The standard InChI is InChI=1S/C24H30N2O5/c1-4-14-26(16-22(27)25-20-11-7-5-9-18(20)2)23(28)17-31-24(29)13-15-30-21-12-8-6-10-19(21)3/h5-12H,4,13-17H2,1-3H3,(H,25,27). The number of ether oxygens (including phenoxy) is 2. The predicted octanol–water partition coefficient (Wildman–Crippen LogP) is 3.49. The molecule has 2 rings (SSSR count). The molecule has 166 valence electrons. The maximum absolute atomic E-state index is 12.5. The second-order valence-corrected chi connectivity index (χ2v) is 7.20. The highest BCUT2D eigenvalue weighted by molar-refractivity contribution is 5.95. The molecular formula is C24H30N2O5. The van der Waals surface area contributed by atoms with Gasteiger partial charge in [0, 0.05) is 12.2 Å². The number of carbonyl (C=O) groups is 3. The maximum atomic E-state index is 12.5. The van der Waals surface area contributed by atoms with Crippen molar-refractivity contribution in [3.05, 3.63) is 59.7 Å². The number of hydrogen-bond acceptors (Lipinski definition) is 5. The van der Waals surface area contributed by atoms with Crippen molar-refractivity contribution in [3.8, 4) is 5.75 Å². The molecule has 0 heterocycles. The Kier molecular flexibility index (Phi) is 9.55. The third kappa shape index (κ3) is 8.12. The fourth-order valence-corrected chi connectivity index (χ4v) is 2.91. The molecule has 1 N–H and O–H groups in total. The van der Waals surface area contributed by atoms with E-state index in [4.69, 9.17) is 9.47 Å². The Morgan fingerprint density at radius 2 is 1.65 bits per heavy atom. The lowest BCUT2D eigenvalue weighted by Gasteiger charge is -2.21. The van der Waals surface area contributed by atoms with Crippen LogP contribution in [0.25, 0.3) is 0 Å². The van der Waals surface area contributed by atoms with Gasteiger partial charge in [-0.3, -0.25) is 14.4 Å². The van der Waals surface area contributed by atoms with E-state index in [-0.39, 0.29) is 25.5 Å². The van der Waals surface area contributed by atoms with E-state index in [9.17, 15) is 14.4 Å². The largest absolute Gasteiger partial charge is 0.493 e. The number of esters is 1. The maximum Gasteiger partial charge on any atom is 0.309 e. The van der Waals surface area contributed by atoms with Crippen molar-refractivity contribution in [3.63, 3.8) is 0 Å². The van der Waals surface area contributed by atoms with Crippen molar-refractivity contribution in [2.75, 3.05) is 31.6 Å². The van der Waals surface area contributed by atoms with Gasteiger partial charge in [0.05, 0.1) is 19.6 Å². The third-order valence-corrected chi connectivity index (χ3v) is 4.61. The first kappa shape index (κ1) is 23.9. The van der Waals surface area contributed by atoms with Crippen LogP contribution < -0.4 is 10.1 Å². The van der Waals surface area contributed by atoms with E-state index in [2.05, 4.69) is 5.32 Å². The molecule has 2 aromatic carbocycles. The SMILES string of the molecule is CCCN(CC(=O)Nc1ccccc1C)C(=O)COC(=O)CCOc1ccccc1C. The van der Waals surface area contributed by atoms with E-state index in [1.807, 2.05) is 63.2 Å². The smallest absolute Gasteiger partial charge is 0.309 e. The molecule has 0 aromatic heterocycles. The fourth-order valence-electron chi connectivity index (χ4n) is 2.91. The summed E-state index contributed by atoms with van der Waals surface area (Å²) in [5.41, 5.74) is 2.62. The molecule has 0 aliphatic carbocycles. The molecule has 0 aliphatic rings. The van der Waals surface area contributed by atoms with E-state index >= 15 is 0 Å².